The lowest BCUT2D eigenvalue weighted by molar-refractivity contribution is -0.154. The quantitative estimate of drug-likeness (QED) is 0.513. The van der Waals surface area contributed by atoms with Gasteiger partial charge in [-0.3, -0.25) is 4.79 Å². The van der Waals surface area contributed by atoms with Crippen molar-refractivity contribution >= 4 is 5.97 Å². The van der Waals surface area contributed by atoms with E-state index >= 15 is 0 Å². The number of hydrogen-bond acceptors (Lipinski definition) is 4. The predicted octanol–water partition coefficient (Wildman–Crippen LogP) is 3.83. The van der Waals surface area contributed by atoms with E-state index in [4.69, 9.17) is 14.2 Å². The van der Waals surface area contributed by atoms with Crippen molar-refractivity contribution in [1.29, 1.82) is 0 Å². The summed E-state index contributed by atoms with van der Waals surface area (Å²) in [5.41, 5.74) is -0.389. The van der Waals surface area contributed by atoms with Crippen LogP contribution in [0.1, 0.15) is 40.0 Å². The highest BCUT2D eigenvalue weighted by molar-refractivity contribution is 5.75. The molecule has 1 aromatic rings. The van der Waals surface area contributed by atoms with Crippen molar-refractivity contribution in [3.63, 3.8) is 0 Å². The maximum Gasteiger partial charge on any atom is 0.311 e. The maximum atomic E-state index is 11.7. The molecule has 1 aromatic carbocycles. The van der Waals surface area contributed by atoms with Crippen LogP contribution < -0.4 is 9.47 Å². The highest BCUT2D eigenvalue weighted by Gasteiger charge is 2.26. The lowest BCUT2D eigenvalue weighted by Gasteiger charge is -2.20. The molecular formula is C17H26O4. The smallest absolute Gasteiger partial charge is 0.311 e. The Labute approximate surface area is 127 Å². The van der Waals surface area contributed by atoms with Gasteiger partial charge in [0.25, 0.3) is 0 Å². The van der Waals surface area contributed by atoms with Crippen molar-refractivity contribution in [2.45, 2.75) is 40.0 Å². The standard InChI is InChI=1S/C17H26O4/c1-5-17(2,3)16(18)21-13-7-6-12-20-15-10-8-14(19-4)9-11-15/h8-11H,5-7,12-13H2,1-4H3. The van der Waals surface area contributed by atoms with Crippen LogP contribution in [0.4, 0.5) is 0 Å². The summed E-state index contributed by atoms with van der Waals surface area (Å²) in [7, 11) is 1.64. The van der Waals surface area contributed by atoms with E-state index in [9.17, 15) is 4.79 Å². The number of rotatable bonds is 9. The van der Waals surface area contributed by atoms with Gasteiger partial charge in [-0.15, -0.1) is 0 Å². The summed E-state index contributed by atoms with van der Waals surface area (Å²) in [4.78, 5) is 11.7. The second kappa shape index (κ2) is 8.55. The zero-order valence-corrected chi connectivity index (χ0v) is 13.5. The van der Waals surface area contributed by atoms with E-state index in [1.54, 1.807) is 7.11 Å². The average Bonchev–Trinajstić information content (AvgIpc) is 2.51. The third-order valence-corrected chi connectivity index (χ3v) is 3.54. The number of carbonyl (C=O) groups excluding carboxylic acids is 1. The van der Waals surface area contributed by atoms with Gasteiger partial charge in [-0.25, -0.2) is 0 Å². The Hall–Kier alpha value is -1.71. The monoisotopic (exact) mass is 294 g/mol. The van der Waals surface area contributed by atoms with Gasteiger partial charge in [0.15, 0.2) is 0 Å². The topological polar surface area (TPSA) is 44.8 Å². The minimum absolute atomic E-state index is 0.124. The SMILES string of the molecule is CCC(C)(C)C(=O)OCCCCOc1ccc(OC)cc1. The van der Waals surface area contributed by atoms with E-state index < -0.39 is 0 Å². The van der Waals surface area contributed by atoms with Crippen LogP contribution in [0.3, 0.4) is 0 Å². The number of ether oxygens (including phenoxy) is 3. The van der Waals surface area contributed by atoms with Crippen LogP contribution in [-0.2, 0) is 9.53 Å². The number of unbranched alkanes of at least 4 members (excludes halogenated alkanes) is 1. The number of esters is 1. The van der Waals surface area contributed by atoms with Crippen LogP contribution in [-0.4, -0.2) is 26.3 Å². The highest BCUT2D eigenvalue weighted by Crippen LogP contribution is 2.21. The molecule has 0 heterocycles. The van der Waals surface area contributed by atoms with Crippen LogP contribution in [0.15, 0.2) is 24.3 Å². The van der Waals surface area contributed by atoms with E-state index in [-0.39, 0.29) is 11.4 Å². The van der Waals surface area contributed by atoms with E-state index in [1.807, 2.05) is 45.0 Å². The molecule has 0 N–H and O–H groups in total. The molecule has 118 valence electrons. The summed E-state index contributed by atoms with van der Waals surface area (Å²) in [6.07, 6.45) is 2.44. The first kappa shape index (κ1) is 17.3. The average molecular weight is 294 g/mol. The Morgan fingerprint density at radius 3 is 2.19 bits per heavy atom. The highest BCUT2D eigenvalue weighted by atomic mass is 16.5. The number of methoxy groups -OCH3 is 1. The van der Waals surface area contributed by atoms with Crippen LogP contribution in [0.2, 0.25) is 0 Å². The molecule has 0 aliphatic rings. The fourth-order valence-corrected chi connectivity index (χ4v) is 1.57. The molecule has 21 heavy (non-hydrogen) atoms. The van der Waals surface area contributed by atoms with Gasteiger partial charge < -0.3 is 14.2 Å². The number of carbonyl (C=O) groups is 1. The van der Waals surface area contributed by atoms with Gasteiger partial charge in [0.1, 0.15) is 11.5 Å². The first-order valence-corrected chi connectivity index (χ1v) is 7.43. The minimum Gasteiger partial charge on any atom is -0.497 e. The molecule has 1 rings (SSSR count). The molecular weight excluding hydrogens is 268 g/mol. The minimum atomic E-state index is -0.389. The molecule has 0 saturated heterocycles. The molecule has 0 saturated carbocycles. The lowest BCUT2D eigenvalue weighted by Crippen LogP contribution is -2.26. The third-order valence-electron chi connectivity index (χ3n) is 3.54. The predicted molar refractivity (Wildman–Crippen MR) is 82.8 cm³/mol. The van der Waals surface area contributed by atoms with Crippen LogP contribution >= 0.6 is 0 Å². The summed E-state index contributed by atoms with van der Waals surface area (Å²) in [6, 6.07) is 7.49. The van der Waals surface area contributed by atoms with Crippen LogP contribution in [0.25, 0.3) is 0 Å². The van der Waals surface area contributed by atoms with Crippen molar-refractivity contribution in [3.05, 3.63) is 24.3 Å². The fourth-order valence-electron chi connectivity index (χ4n) is 1.57. The summed E-state index contributed by atoms with van der Waals surface area (Å²) >= 11 is 0. The summed E-state index contributed by atoms with van der Waals surface area (Å²) in [5.74, 6) is 1.51. The van der Waals surface area contributed by atoms with Gasteiger partial charge in [-0.2, -0.15) is 0 Å². The van der Waals surface area contributed by atoms with Gasteiger partial charge in [-0.05, 0) is 57.4 Å². The zero-order chi connectivity index (χ0) is 15.7. The van der Waals surface area contributed by atoms with Crippen molar-refractivity contribution in [1.82, 2.24) is 0 Å². The molecule has 0 amide bonds. The Kier molecular flexibility index (Phi) is 7.06. The molecule has 0 aliphatic carbocycles. The number of hydrogen-bond donors (Lipinski definition) is 0. The van der Waals surface area contributed by atoms with Crippen molar-refractivity contribution in [2.75, 3.05) is 20.3 Å². The molecule has 0 spiro atoms. The van der Waals surface area contributed by atoms with Crippen LogP contribution in [0, 0.1) is 5.41 Å². The Bertz CT molecular complexity index is 423. The molecule has 0 atom stereocenters. The second-order valence-corrected chi connectivity index (χ2v) is 5.60. The first-order valence-electron chi connectivity index (χ1n) is 7.43. The number of benzene rings is 1. The fraction of sp³-hybridized carbons (Fsp3) is 0.588. The van der Waals surface area contributed by atoms with Gasteiger partial charge in [0.05, 0.1) is 25.7 Å². The van der Waals surface area contributed by atoms with Gasteiger partial charge >= 0.3 is 5.97 Å². The van der Waals surface area contributed by atoms with Gasteiger partial charge in [-0.1, -0.05) is 6.92 Å². The zero-order valence-electron chi connectivity index (χ0n) is 13.5. The van der Waals surface area contributed by atoms with E-state index in [0.717, 1.165) is 30.8 Å². The Morgan fingerprint density at radius 2 is 1.62 bits per heavy atom. The third kappa shape index (κ3) is 6.06. The molecule has 0 radical (unpaired) electrons. The second-order valence-electron chi connectivity index (χ2n) is 5.60. The first-order chi connectivity index (χ1) is 9.99. The molecule has 4 nitrogen and oxygen atoms in total. The van der Waals surface area contributed by atoms with Crippen LogP contribution in [0.5, 0.6) is 11.5 Å². The maximum absolute atomic E-state index is 11.7. The van der Waals surface area contributed by atoms with E-state index in [0.29, 0.717) is 13.2 Å². The van der Waals surface area contributed by atoms with Gasteiger partial charge in [0.2, 0.25) is 0 Å². The summed E-state index contributed by atoms with van der Waals surface area (Å²) in [5, 5.41) is 0. The molecule has 0 aliphatic heterocycles. The van der Waals surface area contributed by atoms with Crippen molar-refractivity contribution in [3.8, 4) is 11.5 Å². The van der Waals surface area contributed by atoms with Gasteiger partial charge in [0, 0.05) is 0 Å². The Morgan fingerprint density at radius 1 is 1.05 bits per heavy atom. The normalized spacial score (nSPS) is 11.0. The van der Waals surface area contributed by atoms with Crippen molar-refractivity contribution < 1.29 is 19.0 Å². The van der Waals surface area contributed by atoms with E-state index in [1.165, 1.54) is 0 Å². The summed E-state index contributed by atoms with van der Waals surface area (Å²) < 4.78 is 16.0. The molecule has 0 unspecified atom stereocenters. The molecule has 4 heteroatoms. The summed E-state index contributed by atoms with van der Waals surface area (Å²) in [6.45, 7) is 6.86. The molecule has 0 bridgehead atoms. The lowest BCUT2D eigenvalue weighted by atomic mass is 9.91. The molecule has 0 aromatic heterocycles. The largest absolute Gasteiger partial charge is 0.497 e. The van der Waals surface area contributed by atoms with E-state index in [2.05, 4.69) is 0 Å². The molecule has 0 fully saturated rings. The van der Waals surface area contributed by atoms with Crippen molar-refractivity contribution in [2.24, 2.45) is 5.41 Å². The Balaban J connectivity index is 2.13.